The van der Waals surface area contributed by atoms with E-state index in [0.29, 0.717) is 25.3 Å². The monoisotopic (exact) mass is 387 g/mol. The third-order valence-electron chi connectivity index (χ3n) is 5.32. The molecule has 0 N–H and O–H groups in total. The minimum Gasteiger partial charge on any atom is -0.366 e. The fourth-order valence-corrected chi connectivity index (χ4v) is 4.03. The number of fused-ring (bicyclic) bond motifs is 1. The van der Waals surface area contributed by atoms with Crippen molar-refractivity contribution in [3.63, 3.8) is 0 Å². The Morgan fingerprint density at radius 1 is 1.11 bits per heavy atom. The molecule has 0 saturated carbocycles. The summed E-state index contributed by atoms with van der Waals surface area (Å²) in [4.78, 5) is 30.8. The molecule has 7 nitrogen and oxygen atoms in total. The van der Waals surface area contributed by atoms with E-state index in [1.807, 2.05) is 23.1 Å². The quantitative estimate of drug-likeness (QED) is 0.790. The second-order valence-corrected chi connectivity index (χ2v) is 7.34. The van der Waals surface area contributed by atoms with Gasteiger partial charge in [0.15, 0.2) is 0 Å². The van der Waals surface area contributed by atoms with Gasteiger partial charge in [0.05, 0.1) is 18.4 Å². The lowest BCUT2D eigenvalue weighted by Gasteiger charge is -2.36. The van der Waals surface area contributed by atoms with E-state index in [-0.39, 0.29) is 16.5 Å². The number of hydrogen-bond acceptors (Lipinski definition) is 5. The molecule has 0 spiro atoms. The van der Waals surface area contributed by atoms with Crippen LogP contribution < -0.4 is 15.4 Å². The van der Waals surface area contributed by atoms with Crippen LogP contribution in [0.1, 0.15) is 5.56 Å². The molecule has 4 rings (SSSR count). The Kier molecular flexibility index (Phi) is 4.88. The standard InChI is InChI=1S/C19H22ClN5O2/c1-22-19(27)18(20)16(12-21-22)24-10-8-23(9-11-24)13-17(26)25-7-6-14-4-2-3-5-15(14)25/h2-5,12H,6-11,13H2,1H3. The average molecular weight is 388 g/mol. The molecule has 8 heteroatoms. The lowest BCUT2D eigenvalue weighted by molar-refractivity contribution is -0.119. The summed E-state index contributed by atoms with van der Waals surface area (Å²) in [6.07, 6.45) is 2.55. The molecular weight excluding hydrogens is 366 g/mol. The van der Waals surface area contributed by atoms with E-state index in [9.17, 15) is 9.59 Å². The summed E-state index contributed by atoms with van der Waals surface area (Å²) in [6, 6.07) is 8.10. The molecule has 2 aliphatic heterocycles. The average Bonchev–Trinajstić information content (AvgIpc) is 3.11. The minimum absolute atomic E-state index is 0.140. The van der Waals surface area contributed by atoms with E-state index in [1.54, 1.807) is 13.2 Å². The molecule has 1 amide bonds. The number of aromatic nitrogens is 2. The summed E-state index contributed by atoms with van der Waals surface area (Å²) in [6.45, 7) is 4.06. The number of carbonyl (C=O) groups is 1. The molecule has 0 aliphatic carbocycles. The molecule has 0 unspecified atom stereocenters. The highest BCUT2D eigenvalue weighted by Crippen LogP contribution is 2.28. The number of halogens is 1. The van der Waals surface area contributed by atoms with E-state index < -0.39 is 0 Å². The Morgan fingerprint density at radius 2 is 1.85 bits per heavy atom. The summed E-state index contributed by atoms with van der Waals surface area (Å²) >= 11 is 6.20. The van der Waals surface area contributed by atoms with Gasteiger partial charge < -0.3 is 9.80 Å². The van der Waals surface area contributed by atoms with Crippen LogP contribution in [0.15, 0.2) is 35.3 Å². The van der Waals surface area contributed by atoms with Crippen LogP contribution >= 0.6 is 11.6 Å². The molecule has 1 fully saturated rings. The van der Waals surface area contributed by atoms with E-state index in [2.05, 4.69) is 21.0 Å². The maximum absolute atomic E-state index is 12.8. The van der Waals surface area contributed by atoms with Gasteiger partial charge in [0.25, 0.3) is 5.56 Å². The zero-order valence-corrected chi connectivity index (χ0v) is 16.0. The number of rotatable bonds is 3. The Morgan fingerprint density at radius 3 is 2.63 bits per heavy atom. The summed E-state index contributed by atoms with van der Waals surface area (Å²) in [5.41, 5.74) is 2.65. The topological polar surface area (TPSA) is 61.7 Å². The normalized spacial score (nSPS) is 17.3. The van der Waals surface area contributed by atoms with Gasteiger partial charge in [-0.15, -0.1) is 0 Å². The van der Waals surface area contributed by atoms with E-state index in [0.717, 1.165) is 31.7 Å². The van der Waals surface area contributed by atoms with Gasteiger partial charge in [-0.3, -0.25) is 14.5 Å². The molecule has 1 saturated heterocycles. The van der Waals surface area contributed by atoms with E-state index >= 15 is 0 Å². The zero-order chi connectivity index (χ0) is 19.0. The number of anilines is 2. The largest absolute Gasteiger partial charge is 0.366 e. The lowest BCUT2D eigenvalue weighted by Crippen LogP contribution is -2.50. The van der Waals surface area contributed by atoms with Gasteiger partial charge in [0.1, 0.15) is 5.02 Å². The third-order valence-corrected chi connectivity index (χ3v) is 5.68. The number of amides is 1. The Labute approximate surface area is 162 Å². The van der Waals surface area contributed by atoms with Crippen LogP contribution in [0.25, 0.3) is 0 Å². The van der Waals surface area contributed by atoms with Gasteiger partial charge in [-0.25, -0.2) is 4.68 Å². The predicted octanol–water partition coefficient (Wildman–Crippen LogP) is 1.15. The number of para-hydroxylation sites is 1. The summed E-state index contributed by atoms with van der Waals surface area (Å²) in [5.74, 6) is 0.140. The number of nitrogens with zero attached hydrogens (tertiary/aromatic N) is 5. The van der Waals surface area contributed by atoms with Gasteiger partial charge in [-0.1, -0.05) is 29.8 Å². The van der Waals surface area contributed by atoms with Gasteiger partial charge in [-0.2, -0.15) is 5.10 Å². The predicted molar refractivity (Wildman–Crippen MR) is 106 cm³/mol. The smallest absolute Gasteiger partial charge is 0.287 e. The summed E-state index contributed by atoms with van der Waals surface area (Å²) < 4.78 is 1.23. The Bertz CT molecular complexity index is 921. The second kappa shape index (κ2) is 7.32. The Hall–Kier alpha value is -2.38. The van der Waals surface area contributed by atoms with E-state index in [4.69, 9.17) is 11.6 Å². The molecule has 2 aromatic rings. The summed E-state index contributed by atoms with van der Waals surface area (Å²) in [7, 11) is 1.58. The molecule has 1 aromatic heterocycles. The number of hydrogen-bond donors (Lipinski definition) is 0. The fraction of sp³-hybridized carbons (Fsp3) is 0.421. The first-order valence-corrected chi connectivity index (χ1v) is 9.50. The van der Waals surface area contributed by atoms with Gasteiger partial charge in [0.2, 0.25) is 5.91 Å². The maximum Gasteiger partial charge on any atom is 0.287 e. The third kappa shape index (κ3) is 3.44. The zero-order valence-electron chi connectivity index (χ0n) is 15.3. The van der Waals surface area contributed by atoms with Crippen molar-refractivity contribution >= 4 is 28.9 Å². The van der Waals surface area contributed by atoms with Gasteiger partial charge >= 0.3 is 0 Å². The van der Waals surface area contributed by atoms with Crippen LogP contribution in [0.3, 0.4) is 0 Å². The molecule has 0 bridgehead atoms. The molecular formula is C19H22ClN5O2. The molecule has 0 radical (unpaired) electrons. The molecule has 3 heterocycles. The molecule has 142 valence electrons. The van der Waals surface area contributed by atoms with Crippen molar-refractivity contribution in [2.45, 2.75) is 6.42 Å². The number of carbonyl (C=O) groups excluding carboxylic acids is 1. The maximum atomic E-state index is 12.8. The number of piperazine rings is 1. The lowest BCUT2D eigenvalue weighted by atomic mass is 10.2. The Balaban J connectivity index is 1.37. The first-order valence-electron chi connectivity index (χ1n) is 9.12. The highest BCUT2D eigenvalue weighted by molar-refractivity contribution is 6.33. The second-order valence-electron chi connectivity index (χ2n) is 6.96. The van der Waals surface area contributed by atoms with Crippen LogP contribution in [-0.4, -0.2) is 59.9 Å². The van der Waals surface area contributed by atoms with Crippen molar-refractivity contribution < 1.29 is 4.79 Å². The molecule has 1 aromatic carbocycles. The fourth-order valence-electron chi connectivity index (χ4n) is 3.74. The SMILES string of the molecule is Cn1ncc(N2CCN(CC(=O)N3CCc4ccccc43)CC2)c(Cl)c1=O. The molecule has 0 atom stereocenters. The van der Waals surface area contributed by atoms with Crippen LogP contribution in [0.4, 0.5) is 11.4 Å². The summed E-state index contributed by atoms with van der Waals surface area (Å²) in [5, 5.41) is 4.26. The van der Waals surface area contributed by atoms with Crippen LogP contribution in [0, 0.1) is 0 Å². The first-order chi connectivity index (χ1) is 13.0. The van der Waals surface area contributed by atoms with Crippen LogP contribution in [-0.2, 0) is 18.3 Å². The highest BCUT2D eigenvalue weighted by Gasteiger charge is 2.27. The van der Waals surface area contributed by atoms with Crippen molar-refractivity contribution in [3.8, 4) is 0 Å². The minimum atomic E-state index is -0.292. The van der Waals surface area contributed by atoms with Crippen molar-refractivity contribution in [1.82, 2.24) is 14.7 Å². The number of aryl methyl sites for hydroxylation is 1. The van der Waals surface area contributed by atoms with Crippen molar-refractivity contribution in [3.05, 3.63) is 51.4 Å². The number of benzene rings is 1. The van der Waals surface area contributed by atoms with Crippen molar-refractivity contribution in [2.24, 2.45) is 7.05 Å². The van der Waals surface area contributed by atoms with Gasteiger partial charge in [-0.05, 0) is 18.1 Å². The molecule has 2 aliphatic rings. The van der Waals surface area contributed by atoms with Gasteiger partial charge in [0, 0.05) is 45.5 Å². The molecule has 27 heavy (non-hydrogen) atoms. The van der Waals surface area contributed by atoms with Crippen molar-refractivity contribution in [1.29, 1.82) is 0 Å². The van der Waals surface area contributed by atoms with E-state index in [1.165, 1.54) is 10.2 Å². The first kappa shape index (κ1) is 18.0. The highest BCUT2D eigenvalue weighted by atomic mass is 35.5. The van der Waals surface area contributed by atoms with Crippen LogP contribution in [0.2, 0.25) is 5.02 Å². The van der Waals surface area contributed by atoms with Crippen LogP contribution in [0.5, 0.6) is 0 Å². The van der Waals surface area contributed by atoms with Crippen molar-refractivity contribution in [2.75, 3.05) is 49.1 Å².